The summed E-state index contributed by atoms with van der Waals surface area (Å²) in [7, 11) is 0. The topological polar surface area (TPSA) is 46.2 Å². The van der Waals surface area contributed by atoms with Crippen molar-refractivity contribution >= 4 is 0 Å². The van der Waals surface area contributed by atoms with Crippen LogP contribution in [0.4, 0.5) is 0 Å². The molecule has 0 amide bonds. The normalized spacial score (nSPS) is 13.5. The van der Waals surface area contributed by atoms with Gasteiger partial charge in [0.25, 0.3) is 0 Å². The lowest BCUT2D eigenvalue weighted by atomic mass is 9.84. The SMILES string of the molecule is CCCCC(CCCC)C(CN)CO. The van der Waals surface area contributed by atoms with E-state index in [2.05, 4.69) is 13.8 Å². The molecule has 1 atom stereocenters. The summed E-state index contributed by atoms with van der Waals surface area (Å²) in [6.45, 7) is 5.32. The molecule has 0 spiro atoms. The molecular weight excluding hydrogens is 174 g/mol. The number of aliphatic hydroxyl groups is 1. The van der Waals surface area contributed by atoms with Gasteiger partial charge in [0.2, 0.25) is 0 Å². The number of aliphatic hydroxyl groups excluding tert-OH is 1. The van der Waals surface area contributed by atoms with Gasteiger partial charge in [-0.05, 0) is 18.4 Å². The smallest absolute Gasteiger partial charge is 0.0473 e. The summed E-state index contributed by atoms with van der Waals surface area (Å²) in [4.78, 5) is 0. The molecule has 0 saturated heterocycles. The van der Waals surface area contributed by atoms with Crippen LogP contribution in [0.3, 0.4) is 0 Å². The average molecular weight is 201 g/mol. The Morgan fingerprint density at radius 2 is 1.50 bits per heavy atom. The van der Waals surface area contributed by atoms with Crippen molar-refractivity contribution in [3.05, 3.63) is 0 Å². The molecular formula is C12H27NO. The van der Waals surface area contributed by atoms with Gasteiger partial charge in [0.05, 0.1) is 0 Å². The minimum atomic E-state index is 0.259. The Bertz CT molecular complexity index is 105. The van der Waals surface area contributed by atoms with Crippen LogP contribution in [0.1, 0.15) is 52.4 Å². The first-order valence-electron chi connectivity index (χ1n) is 6.11. The highest BCUT2D eigenvalue weighted by Crippen LogP contribution is 2.23. The molecule has 2 nitrogen and oxygen atoms in total. The largest absolute Gasteiger partial charge is 0.396 e. The fraction of sp³-hybridized carbons (Fsp3) is 1.00. The first kappa shape index (κ1) is 13.9. The molecule has 0 aliphatic carbocycles. The van der Waals surface area contributed by atoms with Crippen molar-refractivity contribution in [3.63, 3.8) is 0 Å². The summed E-state index contributed by atoms with van der Waals surface area (Å²) < 4.78 is 0. The monoisotopic (exact) mass is 201 g/mol. The second kappa shape index (κ2) is 9.47. The van der Waals surface area contributed by atoms with E-state index in [0.29, 0.717) is 18.4 Å². The Morgan fingerprint density at radius 1 is 1.00 bits per heavy atom. The highest BCUT2D eigenvalue weighted by Gasteiger charge is 2.18. The molecule has 0 aromatic heterocycles. The molecule has 86 valence electrons. The third kappa shape index (κ3) is 5.61. The Labute approximate surface area is 88.9 Å². The van der Waals surface area contributed by atoms with E-state index in [4.69, 9.17) is 5.73 Å². The lowest BCUT2D eigenvalue weighted by molar-refractivity contribution is 0.164. The van der Waals surface area contributed by atoms with Crippen molar-refractivity contribution in [2.75, 3.05) is 13.2 Å². The Morgan fingerprint density at radius 3 is 1.79 bits per heavy atom. The summed E-state index contributed by atoms with van der Waals surface area (Å²) in [5.74, 6) is 0.970. The number of hydrogen-bond donors (Lipinski definition) is 2. The third-order valence-corrected chi connectivity index (χ3v) is 3.06. The van der Waals surface area contributed by atoms with E-state index in [0.717, 1.165) is 0 Å². The Kier molecular flexibility index (Phi) is 9.42. The molecule has 14 heavy (non-hydrogen) atoms. The van der Waals surface area contributed by atoms with Crippen molar-refractivity contribution in [3.8, 4) is 0 Å². The van der Waals surface area contributed by atoms with Crippen LogP contribution >= 0.6 is 0 Å². The van der Waals surface area contributed by atoms with Crippen LogP contribution in [0.2, 0.25) is 0 Å². The van der Waals surface area contributed by atoms with Gasteiger partial charge in [0.1, 0.15) is 0 Å². The van der Waals surface area contributed by atoms with Gasteiger partial charge in [-0.3, -0.25) is 0 Å². The average Bonchev–Trinajstić information content (AvgIpc) is 2.22. The third-order valence-electron chi connectivity index (χ3n) is 3.06. The van der Waals surface area contributed by atoms with E-state index < -0.39 is 0 Å². The highest BCUT2D eigenvalue weighted by atomic mass is 16.3. The Hall–Kier alpha value is -0.0800. The predicted octanol–water partition coefficient (Wildman–Crippen LogP) is 2.55. The zero-order chi connectivity index (χ0) is 10.8. The minimum Gasteiger partial charge on any atom is -0.396 e. The van der Waals surface area contributed by atoms with Gasteiger partial charge in [-0.15, -0.1) is 0 Å². The number of rotatable bonds is 9. The van der Waals surface area contributed by atoms with Crippen molar-refractivity contribution in [1.82, 2.24) is 0 Å². The zero-order valence-corrected chi connectivity index (χ0v) is 9.84. The van der Waals surface area contributed by atoms with Crippen molar-refractivity contribution in [2.24, 2.45) is 17.6 Å². The first-order valence-corrected chi connectivity index (χ1v) is 6.11. The fourth-order valence-electron chi connectivity index (χ4n) is 1.96. The molecule has 0 aromatic rings. The van der Waals surface area contributed by atoms with Crippen LogP contribution in [-0.4, -0.2) is 18.3 Å². The van der Waals surface area contributed by atoms with E-state index in [-0.39, 0.29) is 6.61 Å². The Balaban J connectivity index is 3.92. The minimum absolute atomic E-state index is 0.259. The van der Waals surface area contributed by atoms with Crippen LogP contribution in [0.15, 0.2) is 0 Å². The predicted molar refractivity (Wildman–Crippen MR) is 62.2 cm³/mol. The maximum absolute atomic E-state index is 9.22. The summed E-state index contributed by atoms with van der Waals surface area (Å²) in [5, 5.41) is 9.22. The van der Waals surface area contributed by atoms with E-state index in [9.17, 15) is 5.11 Å². The molecule has 0 fully saturated rings. The lowest BCUT2D eigenvalue weighted by Gasteiger charge is -2.24. The molecule has 0 aliphatic rings. The van der Waals surface area contributed by atoms with Crippen LogP contribution in [0.5, 0.6) is 0 Å². The van der Waals surface area contributed by atoms with Crippen LogP contribution in [0.25, 0.3) is 0 Å². The van der Waals surface area contributed by atoms with Gasteiger partial charge in [-0.25, -0.2) is 0 Å². The molecule has 0 aromatic carbocycles. The van der Waals surface area contributed by atoms with Crippen molar-refractivity contribution in [1.29, 1.82) is 0 Å². The van der Waals surface area contributed by atoms with E-state index in [1.165, 1.54) is 38.5 Å². The molecule has 2 heteroatoms. The summed E-state index contributed by atoms with van der Waals surface area (Å²) >= 11 is 0. The standard InChI is InChI=1S/C12H27NO/c1-3-5-7-11(8-6-4-2)12(9-13)10-14/h11-12,14H,3-10,13H2,1-2H3. The molecule has 0 heterocycles. The summed E-state index contributed by atoms with van der Waals surface area (Å²) in [6, 6.07) is 0. The quantitative estimate of drug-likeness (QED) is 0.602. The molecule has 0 saturated carbocycles. The second-order valence-electron chi connectivity index (χ2n) is 4.22. The summed E-state index contributed by atoms with van der Waals surface area (Å²) in [6.07, 6.45) is 7.49. The molecule has 3 N–H and O–H groups in total. The van der Waals surface area contributed by atoms with E-state index >= 15 is 0 Å². The highest BCUT2D eigenvalue weighted by molar-refractivity contribution is 4.70. The van der Waals surface area contributed by atoms with Crippen molar-refractivity contribution in [2.45, 2.75) is 52.4 Å². The molecule has 0 bridgehead atoms. The van der Waals surface area contributed by atoms with Gasteiger partial charge < -0.3 is 10.8 Å². The van der Waals surface area contributed by atoms with Crippen LogP contribution in [-0.2, 0) is 0 Å². The lowest BCUT2D eigenvalue weighted by Crippen LogP contribution is -2.26. The van der Waals surface area contributed by atoms with E-state index in [1.807, 2.05) is 0 Å². The molecule has 0 rings (SSSR count). The van der Waals surface area contributed by atoms with Gasteiger partial charge in [0, 0.05) is 6.61 Å². The number of hydrogen-bond acceptors (Lipinski definition) is 2. The molecule has 1 unspecified atom stereocenters. The maximum Gasteiger partial charge on any atom is 0.0473 e. The zero-order valence-electron chi connectivity index (χ0n) is 9.84. The van der Waals surface area contributed by atoms with Crippen LogP contribution in [0, 0.1) is 11.8 Å². The maximum atomic E-state index is 9.22. The first-order chi connectivity index (χ1) is 6.79. The number of unbranched alkanes of at least 4 members (excludes halogenated alkanes) is 2. The molecule has 0 radical (unpaired) electrons. The van der Waals surface area contributed by atoms with Gasteiger partial charge in [-0.2, -0.15) is 0 Å². The number of nitrogens with two attached hydrogens (primary N) is 1. The fourth-order valence-corrected chi connectivity index (χ4v) is 1.96. The second-order valence-corrected chi connectivity index (χ2v) is 4.22. The van der Waals surface area contributed by atoms with E-state index in [1.54, 1.807) is 0 Å². The summed E-state index contributed by atoms with van der Waals surface area (Å²) in [5.41, 5.74) is 5.67. The van der Waals surface area contributed by atoms with Crippen LogP contribution < -0.4 is 5.73 Å². The molecule has 0 aliphatic heterocycles. The van der Waals surface area contributed by atoms with Gasteiger partial charge >= 0.3 is 0 Å². The van der Waals surface area contributed by atoms with Crippen molar-refractivity contribution < 1.29 is 5.11 Å². The van der Waals surface area contributed by atoms with Gasteiger partial charge in [-0.1, -0.05) is 52.4 Å². The van der Waals surface area contributed by atoms with Gasteiger partial charge in [0.15, 0.2) is 0 Å².